The highest BCUT2D eigenvalue weighted by Crippen LogP contribution is 2.12. The lowest BCUT2D eigenvalue weighted by Gasteiger charge is -1.98. The lowest BCUT2D eigenvalue weighted by atomic mass is 10.4. The summed E-state index contributed by atoms with van der Waals surface area (Å²) in [4.78, 5) is 4.19. The Hall–Kier alpha value is -1.16. The van der Waals surface area contributed by atoms with Gasteiger partial charge in [0.15, 0.2) is 5.82 Å². The molecule has 0 radical (unpaired) electrons. The van der Waals surface area contributed by atoms with Gasteiger partial charge >= 0.3 is 0 Å². The molecule has 0 aliphatic carbocycles. The first-order valence-electron chi connectivity index (χ1n) is 3.89. The molecule has 0 N–H and O–H groups in total. The van der Waals surface area contributed by atoms with E-state index in [2.05, 4.69) is 26.0 Å². The molecule has 2 aromatic heterocycles. The summed E-state index contributed by atoms with van der Waals surface area (Å²) in [5.74, 6) is 0.822. The van der Waals surface area contributed by atoms with Crippen LogP contribution in [0.2, 0.25) is 0 Å². The second kappa shape index (κ2) is 3.30. The summed E-state index contributed by atoms with van der Waals surface area (Å²) < 4.78 is 2.76. The van der Waals surface area contributed by atoms with Crippen molar-refractivity contribution >= 4 is 15.9 Å². The zero-order valence-electron chi connectivity index (χ0n) is 7.11. The van der Waals surface area contributed by atoms with Crippen LogP contribution in [-0.4, -0.2) is 14.8 Å². The standard InChI is InChI=1S/C9H8BrN3/c1-7-5-12-13(6-7)9-4-8(10)2-3-11-9/h2-6H,1H3. The molecule has 2 aromatic rings. The van der Waals surface area contributed by atoms with Gasteiger partial charge in [-0.25, -0.2) is 9.67 Å². The normalized spacial score (nSPS) is 10.3. The number of hydrogen-bond donors (Lipinski definition) is 0. The minimum absolute atomic E-state index is 0.822. The number of aryl methyl sites for hydroxylation is 1. The molecule has 2 heterocycles. The topological polar surface area (TPSA) is 30.7 Å². The van der Waals surface area contributed by atoms with Crippen LogP contribution in [0, 0.1) is 6.92 Å². The van der Waals surface area contributed by atoms with Gasteiger partial charge in [-0.05, 0) is 24.6 Å². The largest absolute Gasteiger partial charge is 0.237 e. The molecule has 0 amide bonds. The number of nitrogens with zero attached hydrogens (tertiary/aromatic N) is 3. The molecule has 0 fully saturated rings. The summed E-state index contributed by atoms with van der Waals surface area (Å²) >= 11 is 3.39. The van der Waals surface area contributed by atoms with Crippen LogP contribution >= 0.6 is 15.9 Å². The second-order valence-electron chi connectivity index (χ2n) is 2.79. The van der Waals surface area contributed by atoms with Crippen LogP contribution in [-0.2, 0) is 0 Å². The molecule has 0 bridgehead atoms. The average molecular weight is 238 g/mol. The van der Waals surface area contributed by atoms with E-state index in [0.29, 0.717) is 0 Å². The third-order valence-corrected chi connectivity index (χ3v) is 2.15. The summed E-state index contributed by atoms with van der Waals surface area (Å²) in [5, 5.41) is 4.16. The van der Waals surface area contributed by atoms with Crippen LogP contribution in [0.1, 0.15) is 5.56 Å². The zero-order valence-corrected chi connectivity index (χ0v) is 8.69. The quantitative estimate of drug-likeness (QED) is 0.763. The van der Waals surface area contributed by atoms with Crippen LogP contribution in [0.15, 0.2) is 35.2 Å². The Morgan fingerprint density at radius 1 is 1.46 bits per heavy atom. The molecule has 3 nitrogen and oxygen atoms in total. The molecule has 66 valence electrons. The SMILES string of the molecule is Cc1cnn(-c2cc(Br)ccn2)c1. The van der Waals surface area contributed by atoms with E-state index in [9.17, 15) is 0 Å². The van der Waals surface area contributed by atoms with E-state index in [4.69, 9.17) is 0 Å². The Balaban J connectivity index is 2.46. The van der Waals surface area contributed by atoms with Crippen molar-refractivity contribution in [3.63, 3.8) is 0 Å². The van der Waals surface area contributed by atoms with Gasteiger partial charge in [-0.3, -0.25) is 0 Å². The Labute approximate surface area is 84.5 Å². The first-order chi connectivity index (χ1) is 6.25. The van der Waals surface area contributed by atoms with Gasteiger partial charge in [0.1, 0.15) is 0 Å². The van der Waals surface area contributed by atoms with Gasteiger partial charge in [-0.1, -0.05) is 15.9 Å². The number of aromatic nitrogens is 3. The van der Waals surface area contributed by atoms with Crippen LogP contribution in [0.3, 0.4) is 0 Å². The fourth-order valence-electron chi connectivity index (χ4n) is 1.06. The van der Waals surface area contributed by atoms with Crippen LogP contribution in [0.5, 0.6) is 0 Å². The molecule has 0 atom stereocenters. The molecule has 4 heteroatoms. The van der Waals surface area contributed by atoms with E-state index in [-0.39, 0.29) is 0 Å². The lowest BCUT2D eigenvalue weighted by molar-refractivity contribution is 0.845. The Bertz CT molecular complexity index is 422. The van der Waals surface area contributed by atoms with E-state index >= 15 is 0 Å². The Morgan fingerprint density at radius 2 is 2.31 bits per heavy atom. The monoisotopic (exact) mass is 237 g/mol. The maximum absolute atomic E-state index is 4.19. The van der Waals surface area contributed by atoms with Crippen molar-refractivity contribution in [3.05, 3.63) is 40.8 Å². The Morgan fingerprint density at radius 3 is 2.92 bits per heavy atom. The highest BCUT2D eigenvalue weighted by molar-refractivity contribution is 9.10. The van der Waals surface area contributed by atoms with Gasteiger partial charge in [0.25, 0.3) is 0 Å². The fourth-order valence-corrected chi connectivity index (χ4v) is 1.38. The van der Waals surface area contributed by atoms with Gasteiger partial charge in [-0.15, -0.1) is 0 Å². The van der Waals surface area contributed by atoms with Crippen molar-refractivity contribution in [1.82, 2.24) is 14.8 Å². The molecule has 0 aliphatic rings. The third kappa shape index (κ3) is 1.78. The molecule has 0 unspecified atom stereocenters. The fraction of sp³-hybridized carbons (Fsp3) is 0.111. The van der Waals surface area contributed by atoms with Gasteiger partial charge < -0.3 is 0 Å². The van der Waals surface area contributed by atoms with Gasteiger partial charge in [0.2, 0.25) is 0 Å². The van der Waals surface area contributed by atoms with E-state index in [1.54, 1.807) is 10.9 Å². The Kier molecular flexibility index (Phi) is 2.14. The van der Waals surface area contributed by atoms with Crippen LogP contribution in [0.4, 0.5) is 0 Å². The molecule has 0 spiro atoms. The predicted molar refractivity (Wildman–Crippen MR) is 53.8 cm³/mol. The van der Waals surface area contributed by atoms with E-state index < -0.39 is 0 Å². The molecular formula is C9H8BrN3. The average Bonchev–Trinajstić information content (AvgIpc) is 2.52. The van der Waals surface area contributed by atoms with Crippen molar-refractivity contribution in [3.8, 4) is 5.82 Å². The highest BCUT2D eigenvalue weighted by Gasteiger charge is 1.98. The second-order valence-corrected chi connectivity index (χ2v) is 3.71. The predicted octanol–water partition coefficient (Wildman–Crippen LogP) is 2.34. The summed E-state index contributed by atoms with van der Waals surface area (Å²) in [7, 11) is 0. The van der Waals surface area contributed by atoms with Crippen molar-refractivity contribution < 1.29 is 0 Å². The minimum atomic E-state index is 0.822. The van der Waals surface area contributed by atoms with E-state index in [1.165, 1.54) is 0 Å². The van der Waals surface area contributed by atoms with Gasteiger partial charge in [0, 0.05) is 16.9 Å². The number of pyridine rings is 1. The zero-order chi connectivity index (χ0) is 9.26. The molecule has 0 aliphatic heterocycles. The summed E-state index contributed by atoms with van der Waals surface area (Å²) in [6, 6.07) is 3.81. The summed E-state index contributed by atoms with van der Waals surface area (Å²) in [6.45, 7) is 2.00. The summed E-state index contributed by atoms with van der Waals surface area (Å²) in [5.41, 5.74) is 1.13. The van der Waals surface area contributed by atoms with Crippen LogP contribution in [0.25, 0.3) is 5.82 Å². The maximum Gasteiger partial charge on any atom is 0.154 e. The number of rotatable bonds is 1. The highest BCUT2D eigenvalue weighted by atomic mass is 79.9. The smallest absolute Gasteiger partial charge is 0.154 e. The van der Waals surface area contributed by atoms with Crippen molar-refractivity contribution in [2.24, 2.45) is 0 Å². The first-order valence-corrected chi connectivity index (χ1v) is 4.68. The molecule has 0 aromatic carbocycles. The van der Waals surface area contributed by atoms with Crippen molar-refractivity contribution in [1.29, 1.82) is 0 Å². The number of halogens is 1. The molecule has 2 rings (SSSR count). The van der Waals surface area contributed by atoms with E-state index in [1.807, 2.05) is 31.5 Å². The molecule has 13 heavy (non-hydrogen) atoms. The molecular weight excluding hydrogens is 230 g/mol. The van der Waals surface area contributed by atoms with Gasteiger partial charge in [-0.2, -0.15) is 5.10 Å². The maximum atomic E-state index is 4.19. The number of hydrogen-bond acceptors (Lipinski definition) is 2. The van der Waals surface area contributed by atoms with Crippen molar-refractivity contribution in [2.45, 2.75) is 6.92 Å². The first kappa shape index (κ1) is 8.44. The summed E-state index contributed by atoms with van der Waals surface area (Å²) in [6.07, 6.45) is 5.49. The lowest BCUT2D eigenvalue weighted by Crippen LogP contribution is -1.96. The minimum Gasteiger partial charge on any atom is -0.237 e. The molecule has 0 saturated carbocycles. The van der Waals surface area contributed by atoms with Crippen molar-refractivity contribution in [2.75, 3.05) is 0 Å². The third-order valence-electron chi connectivity index (χ3n) is 1.65. The van der Waals surface area contributed by atoms with Crippen LogP contribution < -0.4 is 0 Å². The molecule has 0 saturated heterocycles. The van der Waals surface area contributed by atoms with E-state index in [0.717, 1.165) is 15.9 Å². The van der Waals surface area contributed by atoms with Gasteiger partial charge in [0.05, 0.1) is 6.20 Å².